The highest BCUT2D eigenvalue weighted by Gasteiger charge is 2.35. The summed E-state index contributed by atoms with van der Waals surface area (Å²) >= 11 is 2.86. The molecule has 1 aliphatic heterocycles. The molecule has 0 saturated heterocycles. The van der Waals surface area contributed by atoms with Crippen LogP contribution < -0.4 is 10.6 Å². The Morgan fingerprint density at radius 1 is 1.17 bits per heavy atom. The van der Waals surface area contributed by atoms with Gasteiger partial charge in [0.15, 0.2) is 0 Å². The first-order valence-corrected chi connectivity index (χ1v) is 9.02. The highest BCUT2D eigenvalue weighted by molar-refractivity contribution is 9.10. The normalized spacial score (nSPS) is 17.1. The number of aliphatic hydroxyl groups is 1. The van der Waals surface area contributed by atoms with E-state index in [1.165, 1.54) is 24.3 Å². The second kappa shape index (κ2) is 7.86. The summed E-state index contributed by atoms with van der Waals surface area (Å²) in [6, 6.07) is 7.24. The highest BCUT2D eigenvalue weighted by Crippen LogP contribution is 2.37. The van der Waals surface area contributed by atoms with Gasteiger partial charge in [0.25, 0.3) is 11.8 Å². The molecule has 0 bridgehead atoms. The molecule has 1 heterocycles. The van der Waals surface area contributed by atoms with E-state index < -0.39 is 46.7 Å². The molecule has 3 rings (SSSR count). The summed E-state index contributed by atoms with van der Waals surface area (Å²) in [7, 11) is 0. The van der Waals surface area contributed by atoms with E-state index in [-0.39, 0.29) is 16.6 Å². The average Bonchev–Trinajstić information content (AvgIpc) is 2.62. The molecule has 2 amide bonds. The molecular formula is C19H13BrF4N2O3. The lowest BCUT2D eigenvalue weighted by atomic mass is 9.95. The molecule has 0 radical (unpaired) electrons. The van der Waals surface area contributed by atoms with Crippen LogP contribution in [0, 0.1) is 5.82 Å². The Morgan fingerprint density at radius 2 is 1.83 bits per heavy atom. The summed E-state index contributed by atoms with van der Waals surface area (Å²) in [6.45, 7) is 0. The minimum atomic E-state index is -4.54. The van der Waals surface area contributed by atoms with Crippen molar-refractivity contribution in [2.45, 2.75) is 18.6 Å². The molecule has 1 atom stereocenters. The molecule has 2 aromatic rings. The molecular weight excluding hydrogens is 460 g/mol. The summed E-state index contributed by atoms with van der Waals surface area (Å²) in [5.41, 5.74) is -0.847. The van der Waals surface area contributed by atoms with Crippen molar-refractivity contribution in [2.75, 3.05) is 5.32 Å². The Kier molecular flexibility index (Phi) is 5.65. The van der Waals surface area contributed by atoms with Crippen LogP contribution in [0.4, 0.5) is 23.2 Å². The minimum absolute atomic E-state index is 0.185. The van der Waals surface area contributed by atoms with Gasteiger partial charge in [0, 0.05) is 16.6 Å². The van der Waals surface area contributed by atoms with Crippen molar-refractivity contribution in [3.63, 3.8) is 0 Å². The molecule has 5 nitrogen and oxygen atoms in total. The van der Waals surface area contributed by atoms with E-state index in [9.17, 15) is 32.3 Å². The molecule has 29 heavy (non-hydrogen) atoms. The maximum absolute atomic E-state index is 12.9. The van der Waals surface area contributed by atoms with Gasteiger partial charge in [0.05, 0.1) is 11.6 Å². The van der Waals surface area contributed by atoms with Crippen LogP contribution in [0.25, 0.3) is 0 Å². The van der Waals surface area contributed by atoms with Crippen LogP contribution in [-0.4, -0.2) is 16.9 Å². The van der Waals surface area contributed by atoms with Gasteiger partial charge in [-0.2, -0.15) is 13.2 Å². The molecule has 3 N–H and O–H groups in total. The van der Waals surface area contributed by atoms with Crippen LogP contribution in [0.5, 0.6) is 0 Å². The third kappa shape index (κ3) is 4.58. The van der Waals surface area contributed by atoms with E-state index in [0.717, 1.165) is 18.2 Å². The van der Waals surface area contributed by atoms with E-state index in [0.29, 0.717) is 5.56 Å². The first kappa shape index (κ1) is 20.8. The molecule has 0 saturated carbocycles. The van der Waals surface area contributed by atoms with E-state index in [4.69, 9.17) is 0 Å². The number of anilines is 1. The Bertz CT molecular complexity index is 1000. The fraction of sp³-hybridized carbons (Fsp3) is 0.158. The van der Waals surface area contributed by atoms with E-state index in [1.54, 1.807) is 0 Å². The lowest BCUT2D eigenvalue weighted by molar-refractivity contribution is -0.138. The second-order valence-corrected chi connectivity index (χ2v) is 7.10. The summed E-state index contributed by atoms with van der Waals surface area (Å²) in [6.07, 6.45) is -4.73. The Balaban J connectivity index is 1.80. The maximum atomic E-state index is 12.9. The van der Waals surface area contributed by atoms with Crippen LogP contribution in [-0.2, 0) is 15.8 Å². The van der Waals surface area contributed by atoms with Crippen LogP contribution >= 0.6 is 15.9 Å². The van der Waals surface area contributed by atoms with Gasteiger partial charge < -0.3 is 15.7 Å². The number of aliphatic hydroxyl groups excluding tert-OH is 1. The lowest BCUT2D eigenvalue weighted by Gasteiger charge is -2.26. The molecule has 1 aliphatic rings. The summed E-state index contributed by atoms with van der Waals surface area (Å²) in [5.74, 6) is -2.78. The standard InChI is InChI=1S/C19H13BrF4N2O3/c20-13-7-9(1-6-12(13)19(22,23)24)14-8-15(27)16(18(29)26-14)17(28)25-11-4-2-10(21)3-5-11/h1-7,14,27H,8H2,(H,25,28)(H,26,29). The monoisotopic (exact) mass is 472 g/mol. The zero-order valence-corrected chi connectivity index (χ0v) is 16.1. The van der Waals surface area contributed by atoms with Crippen molar-refractivity contribution < 1.29 is 32.3 Å². The lowest BCUT2D eigenvalue weighted by Crippen LogP contribution is -2.39. The van der Waals surface area contributed by atoms with Crippen molar-refractivity contribution in [1.82, 2.24) is 5.32 Å². The van der Waals surface area contributed by atoms with Crippen LogP contribution in [0.15, 0.2) is 58.3 Å². The predicted octanol–water partition coefficient (Wildman–Crippen LogP) is 4.62. The summed E-state index contributed by atoms with van der Waals surface area (Å²) in [5, 5.41) is 15.1. The number of carbonyl (C=O) groups excluding carboxylic acids is 2. The van der Waals surface area contributed by atoms with Crippen molar-refractivity contribution >= 4 is 33.4 Å². The number of nitrogens with one attached hydrogen (secondary N) is 2. The number of hydrogen-bond acceptors (Lipinski definition) is 3. The maximum Gasteiger partial charge on any atom is 0.417 e. The van der Waals surface area contributed by atoms with Crippen molar-refractivity contribution in [1.29, 1.82) is 0 Å². The van der Waals surface area contributed by atoms with Crippen LogP contribution in [0.2, 0.25) is 0 Å². The first-order valence-electron chi connectivity index (χ1n) is 8.23. The summed E-state index contributed by atoms with van der Waals surface area (Å²) in [4.78, 5) is 24.7. The molecule has 0 fully saturated rings. The van der Waals surface area contributed by atoms with Crippen molar-refractivity contribution in [2.24, 2.45) is 0 Å². The highest BCUT2D eigenvalue weighted by atomic mass is 79.9. The molecule has 2 aromatic carbocycles. The molecule has 0 aromatic heterocycles. The second-order valence-electron chi connectivity index (χ2n) is 6.25. The van der Waals surface area contributed by atoms with Gasteiger partial charge in [0.2, 0.25) is 0 Å². The van der Waals surface area contributed by atoms with Gasteiger partial charge in [0.1, 0.15) is 17.1 Å². The van der Waals surface area contributed by atoms with E-state index >= 15 is 0 Å². The quantitative estimate of drug-likeness (QED) is 0.450. The largest absolute Gasteiger partial charge is 0.511 e. The van der Waals surface area contributed by atoms with Crippen molar-refractivity contribution in [3.05, 3.63) is 75.2 Å². The number of alkyl halides is 3. The van der Waals surface area contributed by atoms with Gasteiger partial charge >= 0.3 is 6.18 Å². The third-order valence-corrected chi connectivity index (χ3v) is 4.90. The summed E-state index contributed by atoms with van der Waals surface area (Å²) < 4.78 is 51.4. The number of amides is 2. The Hall–Kier alpha value is -2.88. The van der Waals surface area contributed by atoms with Gasteiger partial charge in [-0.1, -0.05) is 22.0 Å². The third-order valence-electron chi connectivity index (χ3n) is 4.25. The fourth-order valence-electron chi connectivity index (χ4n) is 2.85. The van der Waals surface area contributed by atoms with Gasteiger partial charge in [-0.15, -0.1) is 0 Å². The van der Waals surface area contributed by atoms with E-state index in [2.05, 4.69) is 26.6 Å². The first-order chi connectivity index (χ1) is 13.6. The van der Waals surface area contributed by atoms with Gasteiger partial charge in [-0.3, -0.25) is 9.59 Å². The molecule has 10 heteroatoms. The average molecular weight is 473 g/mol. The van der Waals surface area contributed by atoms with Crippen LogP contribution in [0.3, 0.4) is 0 Å². The molecule has 0 aliphatic carbocycles. The number of benzene rings is 2. The Morgan fingerprint density at radius 3 is 2.38 bits per heavy atom. The zero-order chi connectivity index (χ0) is 21.3. The topological polar surface area (TPSA) is 78.4 Å². The zero-order valence-electron chi connectivity index (χ0n) is 14.5. The fourth-order valence-corrected chi connectivity index (χ4v) is 3.47. The number of carbonyl (C=O) groups is 2. The molecule has 1 unspecified atom stereocenters. The Labute approximate surface area is 170 Å². The number of rotatable bonds is 3. The van der Waals surface area contributed by atoms with Gasteiger partial charge in [-0.05, 0) is 42.0 Å². The van der Waals surface area contributed by atoms with E-state index in [1.807, 2.05) is 0 Å². The van der Waals surface area contributed by atoms with Crippen molar-refractivity contribution in [3.8, 4) is 0 Å². The number of halogens is 5. The van der Waals surface area contributed by atoms with Crippen LogP contribution in [0.1, 0.15) is 23.6 Å². The number of hydrogen-bond donors (Lipinski definition) is 3. The SMILES string of the molecule is O=C(Nc1ccc(F)cc1)C1=C(O)CC(c2ccc(C(F)(F)F)c(Br)c2)NC1=O. The predicted molar refractivity (Wildman–Crippen MR) is 99.3 cm³/mol. The molecule has 0 spiro atoms. The molecule has 152 valence electrons. The smallest absolute Gasteiger partial charge is 0.417 e. The minimum Gasteiger partial charge on any atom is -0.511 e. The van der Waals surface area contributed by atoms with Gasteiger partial charge in [-0.25, -0.2) is 4.39 Å².